The zero-order valence-electron chi connectivity index (χ0n) is 16.4. The molecule has 0 aliphatic carbocycles. The fraction of sp³-hybridized carbons (Fsp3) is 0.409. The molecule has 1 fully saturated rings. The third-order valence-corrected chi connectivity index (χ3v) is 5.16. The second-order valence-corrected chi connectivity index (χ2v) is 7.01. The smallest absolute Gasteiger partial charge is 0.236 e. The van der Waals surface area contributed by atoms with Crippen LogP contribution in [0.1, 0.15) is 30.0 Å². The van der Waals surface area contributed by atoms with E-state index in [-0.39, 0.29) is 11.9 Å². The Balaban J connectivity index is 1.63. The number of benzene rings is 2. The van der Waals surface area contributed by atoms with Gasteiger partial charge in [-0.15, -0.1) is 0 Å². The molecule has 144 valence electrons. The highest BCUT2D eigenvalue weighted by molar-refractivity contribution is 5.78. The van der Waals surface area contributed by atoms with Crippen molar-refractivity contribution in [3.63, 3.8) is 0 Å². The summed E-state index contributed by atoms with van der Waals surface area (Å²) in [6.07, 6.45) is 2.18. The van der Waals surface area contributed by atoms with E-state index in [0.29, 0.717) is 13.1 Å². The van der Waals surface area contributed by atoms with Crippen LogP contribution in [0.5, 0.6) is 11.5 Å². The van der Waals surface area contributed by atoms with E-state index in [1.165, 1.54) is 5.56 Å². The Bertz CT molecular complexity index is 778. The van der Waals surface area contributed by atoms with Crippen LogP contribution in [-0.2, 0) is 11.3 Å². The summed E-state index contributed by atoms with van der Waals surface area (Å²) in [6, 6.07) is 16.3. The molecule has 27 heavy (non-hydrogen) atoms. The Labute approximate surface area is 161 Å². The summed E-state index contributed by atoms with van der Waals surface area (Å²) < 4.78 is 10.6. The monoisotopic (exact) mass is 368 g/mol. The lowest BCUT2D eigenvalue weighted by molar-refractivity contribution is -0.131. The second-order valence-electron chi connectivity index (χ2n) is 7.01. The van der Waals surface area contributed by atoms with Gasteiger partial charge in [-0.05, 0) is 54.8 Å². The second kappa shape index (κ2) is 8.91. The zero-order chi connectivity index (χ0) is 19.2. The van der Waals surface area contributed by atoms with Crippen LogP contribution in [0.3, 0.4) is 0 Å². The van der Waals surface area contributed by atoms with Crippen LogP contribution in [0.15, 0.2) is 48.5 Å². The number of nitrogens with zero attached hydrogens (tertiary/aromatic N) is 2. The van der Waals surface area contributed by atoms with Crippen LogP contribution >= 0.6 is 0 Å². The molecule has 1 aliphatic heterocycles. The summed E-state index contributed by atoms with van der Waals surface area (Å²) >= 11 is 0. The number of hydrogen-bond acceptors (Lipinski definition) is 4. The molecule has 1 saturated heterocycles. The highest BCUT2D eigenvalue weighted by Gasteiger charge is 2.28. The quantitative estimate of drug-likeness (QED) is 0.750. The number of hydrogen-bond donors (Lipinski definition) is 0. The maximum Gasteiger partial charge on any atom is 0.236 e. The lowest BCUT2D eigenvalue weighted by atomic mass is 10.0. The van der Waals surface area contributed by atoms with E-state index < -0.39 is 0 Å². The molecule has 5 nitrogen and oxygen atoms in total. The van der Waals surface area contributed by atoms with E-state index in [4.69, 9.17) is 9.47 Å². The number of carbonyl (C=O) groups is 1. The van der Waals surface area contributed by atoms with Gasteiger partial charge in [0.05, 0.1) is 20.8 Å². The van der Waals surface area contributed by atoms with Crippen LogP contribution in [0, 0.1) is 0 Å². The Kier molecular flexibility index (Phi) is 6.35. The maximum absolute atomic E-state index is 12.8. The summed E-state index contributed by atoms with van der Waals surface area (Å²) in [5, 5.41) is 0. The average molecular weight is 368 g/mol. The Morgan fingerprint density at radius 1 is 1.11 bits per heavy atom. The lowest BCUT2D eigenvalue weighted by Crippen LogP contribution is -2.37. The molecule has 0 bridgehead atoms. The molecule has 1 amide bonds. The fourth-order valence-electron chi connectivity index (χ4n) is 3.67. The number of rotatable bonds is 7. The van der Waals surface area contributed by atoms with Crippen molar-refractivity contribution in [2.45, 2.75) is 25.4 Å². The number of likely N-dealkylation sites (tertiary alicyclic amines) is 1. The minimum atomic E-state index is 0.132. The number of likely N-dealkylation sites (N-methyl/N-ethyl adjacent to an activating group) is 1. The standard InChI is InChI=1S/C22H28N2O3/c1-23(15-17-7-4-9-19(13-17)26-2)22(25)16-24-12-6-11-21(24)18-8-5-10-20(14-18)27-3/h4-5,7-10,13-14,21H,6,11-12,15-16H2,1-3H3. The zero-order valence-corrected chi connectivity index (χ0v) is 16.4. The van der Waals surface area contributed by atoms with Gasteiger partial charge in [-0.3, -0.25) is 9.69 Å². The molecule has 1 aliphatic rings. The van der Waals surface area contributed by atoms with E-state index in [9.17, 15) is 4.79 Å². The number of ether oxygens (including phenoxy) is 2. The van der Waals surface area contributed by atoms with E-state index in [1.807, 2.05) is 43.4 Å². The first-order valence-corrected chi connectivity index (χ1v) is 9.35. The van der Waals surface area contributed by atoms with Crippen LogP contribution in [0.25, 0.3) is 0 Å². The molecule has 3 rings (SSSR count). The molecule has 5 heteroatoms. The van der Waals surface area contributed by atoms with E-state index in [2.05, 4.69) is 17.0 Å². The normalized spacial score (nSPS) is 16.9. The number of amides is 1. The maximum atomic E-state index is 12.8. The molecule has 1 unspecified atom stereocenters. The Morgan fingerprint density at radius 2 is 1.81 bits per heavy atom. The Hall–Kier alpha value is -2.53. The van der Waals surface area contributed by atoms with Crippen molar-refractivity contribution in [2.75, 3.05) is 34.4 Å². The van der Waals surface area contributed by atoms with Gasteiger partial charge in [0.2, 0.25) is 5.91 Å². The average Bonchev–Trinajstić information content (AvgIpc) is 3.16. The number of methoxy groups -OCH3 is 2. The topological polar surface area (TPSA) is 42.0 Å². The van der Waals surface area contributed by atoms with Crippen molar-refractivity contribution in [2.24, 2.45) is 0 Å². The first-order chi connectivity index (χ1) is 13.1. The van der Waals surface area contributed by atoms with Crippen molar-refractivity contribution in [3.8, 4) is 11.5 Å². The highest BCUT2D eigenvalue weighted by Crippen LogP contribution is 2.33. The predicted octanol–water partition coefficient (Wildman–Crippen LogP) is 3.50. The SMILES string of the molecule is COc1cccc(CN(C)C(=O)CN2CCCC2c2cccc(OC)c2)c1. The molecule has 0 saturated carbocycles. The van der Waals surface area contributed by atoms with Crippen molar-refractivity contribution in [1.29, 1.82) is 0 Å². The van der Waals surface area contributed by atoms with E-state index in [0.717, 1.165) is 36.4 Å². The minimum Gasteiger partial charge on any atom is -0.497 e. The van der Waals surface area contributed by atoms with Gasteiger partial charge in [0, 0.05) is 19.6 Å². The molecule has 0 aromatic heterocycles. The third-order valence-electron chi connectivity index (χ3n) is 5.16. The van der Waals surface area contributed by atoms with Gasteiger partial charge >= 0.3 is 0 Å². The van der Waals surface area contributed by atoms with Gasteiger partial charge in [-0.1, -0.05) is 24.3 Å². The summed E-state index contributed by atoms with van der Waals surface area (Å²) in [6.45, 7) is 1.96. The van der Waals surface area contributed by atoms with Gasteiger partial charge in [-0.2, -0.15) is 0 Å². The van der Waals surface area contributed by atoms with Crippen molar-refractivity contribution < 1.29 is 14.3 Å². The highest BCUT2D eigenvalue weighted by atomic mass is 16.5. The molecular formula is C22H28N2O3. The van der Waals surface area contributed by atoms with E-state index in [1.54, 1.807) is 19.1 Å². The van der Waals surface area contributed by atoms with Gasteiger partial charge in [0.1, 0.15) is 11.5 Å². The largest absolute Gasteiger partial charge is 0.497 e. The first kappa shape index (κ1) is 19.2. The molecule has 0 radical (unpaired) electrons. The van der Waals surface area contributed by atoms with Crippen LogP contribution < -0.4 is 9.47 Å². The fourth-order valence-corrected chi connectivity index (χ4v) is 3.67. The molecule has 2 aromatic carbocycles. The molecule has 2 aromatic rings. The van der Waals surface area contributed by atoms with Crippen molar-refractivity contribution in [1.82, 2.24) is 9.80 Å². The Morgan fingerprint density at radius 3 is 2.56 bits per heavy atom. The van der Waals surface area contributed by atoms with Crippen molar-refractivity contribution >= 4 is 5.91 Å². The summed E-state index contributed by atoms with van der Waals surface area (Å²) in [5.74, 6) is 1.81. The predicted molar refractivity (Wildman–Crippen MR) is 106 cm³/mol. The van der Waals surface area contributed by atoms with Crippen LogP contribution in [0.4, 0.5) is 0 Å². The molecule has 1 heterocycles. The molecule has 1 atom stereocenters. The van der Waals surface area contributed by atoms with Gasteiger partial charge < -0.3 is 14.4 Å². The van der Waals surface area contributed by atoms with E-state index >= 15 is 0 Å². The number of carbonyl (C=O) groups excluding carboxylic acids is 1. The van der Waals surface area contributed by atoms with Gasteiger partial charge in [-0.25, -0.2) is 0 Å². The summed E-state index contributed by atoms with van der Waals surface area (Å²) in [4.78, 5) is 16.9. The van der Waals surface area contributed by atoms with Gasteiger partial charge in [0.15, 0.2) is 0 Å². The molecule has 0 spiro atoms. The summed E-state index contributed by atoms with van der Waals surface area (Å²) in [5.41, 5.74) is 2.28. The lowest BCUT2D eigenvalue weighted by Gasteiger charge is -2.27. The van der Waals surface area contributed by atoms with Crippen molar-refractivity contribution in [3.05, 3.63) is 59.7 Å². The van der Waals surface area contributed by atoms with Gasteiger partial charge in [0.25, 0.3) is 0 Å². The molecule has 0 N–H and O–H groups in total. The third kappa shape index (κ3) is 4.80. The van der Waals surface area contributed by atoms with Crippen LogP contribution in [-0.4, -0.2) is 50.1 Å². The first-order valence-electron chi connectivity index (χ1n) is 9.35. The molecular weight excluding hydrogens is 340 g/mol. The summed E-state index contributed by atoms with van der Waals surface area (Å²) in [7, 11) is 5.20. The minimum absolute atomic E-state index is 0.132. The van der Waals surface area contributed by atoms with Crippen LogP contribution in [0.2, 0.25) is 0 Å².